The van der Waals surface area contributed by atoms with Gasteiger partial charge >= 0.3 is 0 Å². The Balaban J connectivity index is 1.64. The second-order valence-electron chi connectivity index (χ2n) is 5.41. The standard InChI is InChI=1S/C18H23ClN4O2/c1-3-25-20-14-15-6-8-16(9-7-15)24-13-5-4-12-23(2)18-11-10-17(19)21-22-18/h6-11,14H,3-5,12-13H2,1-2H3/b20-14+. The summed E-state index contributed by atoms with van der Waals surface area (Å²) in [5, 5.41) is 12.1. The van der Waals surface area contributed by atoms with Crippen molar-refractivity contribution in [3.63, 3.8) is 0 Å². The van der Waals surface area contributed by atoms with Crippen molar-refractivity contribution in [1.29, 1.82) is 0 Å². The van der Waals surface area contributed by atoms with Crippen molar-refractivity contribution in [3.8, 4) is 5.75 Å². The molecule has 0 aliphatic rings. The molecule has 0 N–H and O–H groups in total. The molecule has 134 valence electrons. The first-order chi connectivity index (χ1) is 12.2. The second-order valence-corrected chi connectivity index (χ2v) is 5.80. The Hall–Kier alpha value is -2.34. The third-order valence-electron chi connectivity index (χ3n) is 3.45. The lowest BCUT2D eigenvalue weighted by Crippen LogP contribution is -2.20. The molecule has 0 bridgehead atoms. The first-order valence-electron chi connectivity index (χ1n) is 8.27. The van der Waals surface area contributed by atoms with Crippen LogP contribution in [0.1, 0.15) is 25.3 Å². The maximum absolute atomic E-state index is 5.75. The van der Waals surface area contributed by atoms with Crippen LogP contribution in [0.25, 0.3) is 0 Å². The summed E-state index contributed by atoms with van der Waals surface area (Å²) in [4.78, 5) is 6.99. The zero-order chi connectivity index (χ0) is 17.9. The summed E-state index contributed by atoms with van der Waals surface area (Å²) >= 11 is 5.74. The highest BCUT2D eigenvalue weighted by Gasteiger charge is 2.03. The molecule has 7 heteroatoms. The summed E-state index contributed by atoms with van der Waals surface area (Å²) in [6.07, 6.45) is 3.64. The molecular formula is C18H23ClN4O2. The zero-order valence-electron chi connectivity index (χ0n) is 14.6. The van der Waals surface area contributed by atoms with Crippen LogP contribution in [0, 0.1) is 0 Å². The van der Waals surface area contributed by atoms with Crippen LogP contribution in [0.4, 0.5) is 5.82 Å². The van der Waals surface area contributed by atoms with Gasteiger partial charge in [-0.05, 0) is 61.7 Å². The SMILES string of the molecule is CCO/N=C/c1ccc(OCCCCN(C)c2ccc(Cl)nn2)cc1. The fourth-order valence-corrected chi connectivity index (χ4v) is 2.19. The Morgan fingerprint density at radius 3 is 2.60 bits per heavy atom. The van der Waals surface area contributed by atoms with Gasteiger partial charge in [-0.3, -0.25) is 0 Å². The number of hydrogen-bond acceptors (Lipinski definition) is 6. The van der Waals surface area contributed by atoms with Gasteiger partial charge in [-0.2, -0.15) is 0 Å². The van der Waals surface area contributed by atoms with Crippen molar-refractivity contribution in [3.05, 3.63) is 47.1 Å². The third kappa shape index (κ3) is 6.97. The number of aromatic nitrogens is 2. The van der Waals surface area contributed by atoms with Crippen molar-refractivity contribution < 1.29 is 9.57 Å². The van der Waals surface area contributed by atoms with Gasteiger partial charge in [0.05, 0.1) is 12.8 Å². The highest BCUT2D eigenvalue weighted by atomic mass is 35.5. The number of anilines is 1. The summed E-state index contributed by atoms with van der Waals surface area (Å²) in [7, 11) is 1.99. The lowest BCUT2D eigenvalue weighted by atomic mass is 10.2. The first kappa shape index (κ1) is 19.0. The fraction of sp³-hybridized carbons (Fsp3) is 0.389. The average Bonchev–Trinajstić information content (AvgIpc) is 2.63. The molecule has 1 aromatic carbocycles. The molecule has 1 heterocycles. The normalized spacial score (nSPS) is 10.8. The monoisotopic (exact) mass is 362 g/mol. The number of halogens is 1. The maximum atomic E-state index is 5.75. The number of rotatable bonds is 10. The predicted molar refractivity (Wildman–Crippen MR) is 101 cm³/mol. The molecule has 0 fully saturated rings. The van der Waals surface area contributed by atoms with Crippen LogP contribution < -0.4 is 9.64 Å². The van der Waals surface area contributed by atoms with Gasteiger partial charge in [-0.1, -0.05) is 16.8 Å². The highest BCUT2D eigenvalue weighted by Crippen LogP contribution is 2.13. The van der Waals surface area contributed by atoms with E-state index < -0.39 is 0 Å². The summed E-state index contributed by atoms with van der Waals surface area (Å²) in [6, 6.07) is 11.4. The van der Waals surface area contributed by atoms with Crippen LogP contribution in [0.2, 0.25) is 5.15 Å². The lowest BCUT2D eigenvalue weighted by Gasteiger charge is -2.17. The molecule has 0 amide bonds. The van der Waals surface area contributed by atoms with E-state index in [1.54, 1.807) is 12.3 Å². The Labute approximate surface area is 153 Å². The third-order valence-corrected chi connectivity index (χ3v) is 3.65. The Morgan fingerprint density at radius 2 is 1.92 bits per heavy atom. The van der Waals surface area contributed by atoms with E-state index in [-0.39, 0.29) is 0 Å². The van der Waals surface area contributed by atoms with Crippen LogP contribution in [-0.4, -0.2) is 43.2 Å². The lowest BCUT2D eigenvalue weighted by molar-refractivity contribution is 0.160. The molecule has 2 rings (SSSR count). The van der Waals surface area contributed by atoms with Gasteiger partial charge in [0, 0.05) is 13.6 Å². The van der Waals surface area contributed by atoms with Crippen LogP contribution >= 0.6 is 11.6 Å². The summed E-state index contributed by atoms with van der Waals surface area (Å²) in [6.45, 7) is 4.02. The number of unbranched alkanes of at least 4 members (excludes halogenated alkanes) is 1. The van der Waals surface area contributed by atoms with Gasteiger partial charge in [-0.15, -0.1) is 10.2 Å². The van der Waals surface area contributed by atoms with E-state index in [1.165, 1.54) is 0 Å². The zero-order valence-corrected chi connectivity index (χ0v) is 15.3. The average molecular weight is 363 g/mol. The number of nitrogens with zero attached hydrogens (tertiary/aromatic N) is 4. The van der Waals surface area contributed by atoms with E-state index in [4.69, 9.17) is 21.2 Å². The van der Waals surface area contributed by atoms with Gasteiger partial charge in [0.25, 0.3) is 0 Å². The first-order valence-corrected chi connectivity index (χ1v) is 8.65. The van der Waals surface area contributed by atoms with Crippen LogP contribution in [0.5, 0.6) is 5.75 Å². The molecule has 0 radical (unpaired) electrons. The molecule has 0 saturated carbocycles. The molecule has 1 aromatic heterocycles. The van der Waals surface area contributed by atoms with Crippen molar-refractivity contribution in [2.24, 2.45) is 5.16 Å². The van der Waals surface area contributed by atoms with Crippen LogP contribution in [0.3, 0.4) is 0 Å². The van der Waals surface area contributed by atoms with Crippen molar-refractivity contribution in [2.45, 2.75) is 19.8 Å². The molecule has 2 aromatic rings. The van der Waals surface area contributed by atoms with Gasteiger partial charge in [0.15, 0.2) is 11.0 Å². The second kappa shape index (κ2) is 10.5. The van der Waals surface area contributed by atoms with Crippen molar-refractivity contribution in [2.75, 3.05) is 31.7 Å². The van der Waals surface area contributed by atoms with Crippen molar-refractivity contribution in [1.82, 2.24) is 10.2 Å². The van der Waals surface area contributed by atoms with E-state index in [0.29, 0.717) is 18.4 Å². The molecule has 0 aliphatic carbocycles. The predicted octanol–water partition coefficient (Wildman–Crippen LogP) is 3.80. The minimum Gasteiger partial charge on any atom is -0.494 e. The highest BCUT2D eigenvalue weighted by molar-refractivity contribution is 6.29. The minimum atomic E-state index is 0.403. The van der Waals surface area contributed by atoms with Gasteiger partial charge in [0.2, 0.25) is 0 Å². The number of ether oxygens (including phenoxy) is 1. The molecular weight excluding hydrogens is 340 g/mol. The van der Waals surface area contributed by atoms with Crippen molar-refractivity contribution >= 4 is 23.6 Å². The van der Waals surface area contributed by atoms with Gasteiger partial charge in [-0.25, -0.2) is 0 Å². The van der Waals surface area contributed by atoms with E-state index in [0.717, 1.165) is 36.5 Å². The summed E-state index contributed by atoms with van der Waals surface area (Å²) < 4.78 is 5.75. The Bertz CT molecular complexity index is 647. The van der Waals surface area contributed by atoms with Crippen LogP contribution in [-0.2, 0) is 4.84 Å². The fourth-order valence-electron chi connectivity index (χ4n) is 2.09. The molecule has 0 spiro atoms. The largest absolute Gasteiger partial charge is 0.494 e. The summed E-state index contributed by atoms with van der Waals surface area (Å²) in [5.41, 5.74) is 0.978. The topological polar surface area (TPSA) is 59.8 Å². The number of hydrogen-bond donors (Lipinski definition) is 0. The molecule has 25 heavy (non-hydrogen) atoms. The molecule has 0 aliphatic heterocycles. The van der Waals surface area contributed by atoms with E-state index in [1.807, 2.05) is 44.3 Å². The van der Waals surface area contributed by atoms with Gasteiger partial charge in [0.1, 0.15) is 12.4 Å². The summed E-state index contributed by atoms with van der Waals surface area (Å²) in [5.74, 6) is 1.67. The Morgan fingerprint density at radius 1 is 1.12 bits per heavy atom. The maximum Gasteiger partial charge on any atom is 0.151 e. The molecule has 6 nitrogen and oxygen atoms in total. The molecule has 0 saturated heterocycles. The van der Waals surface area contributed by atoms with E-state index >= 15 is 0 Å². The van der Waals surface area contributed by atoms with Gasteiger partial charge < -0.3 is 14.5 Å². The number of benzene rings is 1. The number of oxime groups is 1. The van der Waals surface area contributed by atoms with E-state index in [9.17, 15) is 0 Å². The minimum absolute atomic E-state index is 0.403. The smallest absolute Gasteiger partial charge is 0.151 e. The Kier molecular flexibility index (Phi) is 7.98. The van der Waals surface area contributed by atoms with E-state index in [2.05, 4.69) is 20.3 Å². The molecule has 0 atom stereocenters. The quantitative estimate of drug-likeness (QED) is 0.365. The molecule has 0 unspecified atom stereocenters. The van der Waals surface area contributed by atoms with Crippen LogP contribution in [0.15, 0.2) is 41.6 Å².